The van der Waals surface area contributed by atoms with Crippen LogP contribution in [0.3, 0.4) is 0 Å². The fraction of sp³-hybridized carbons (Fsp3) is 0.417. The summed E-state index contributed by atoms with van der Waals surface area (Å²) in [5, 5.41) is 13.9. The highest BCUT2D eigenvalue weighted by molar-refractivity contribution is 5.98. The van der Waals surface area contributed by atoms with Crippen LogP contribution >= 0.6 is 0 Å². The van der Waals surface area contributed by atoms with Crippen LogP contribution in [0, 0.1) is 0 Å². The second-order valence-corrected chi connectivity index (χ2v) is 4.78. The predicted octanol–water partition coefficient (Wildman–Crippen LogP) is -0.212. The van der Waals surface area contributed by atoms with E-state index in [4.69, 9.17) is 5.73 Å². The lowest BCUT2D eigenvalue weighted by molar-refractivity contribution is 0.0664. The zero-order chi connectivity index (χ0) is 13.6. The molecule has 0 radical (unpaired) electrons. The van der Waals surface area contributed by atoms with E-state index in [9.17, 15) is 9.90 Å². The molecule has 2 aromatic heterocycles. The van der Waals surface area contributed by atoms with Gasteiger partial charge in [-0.3, -0.25) is 4.79 Å². The topological polar surface area (TPSA) is 96.8 Å². The van der Waals surface area contributed by atoms with Gasteiger partial charge in [-0.15, -0.1) is 0 Å². The summed E-state index contributed by atoms with van der Waals surface area (Å²) in [5.41, 5.74) is 6.02. The molecule has 0 spiro atoms. The largest absolute Gasteiger partial charge is 0.391 e. The molecule has 1 saturated carbocycles. The van der Waals surface area contributed by atoms with E-state index >= 15 is 0 Å². The number of hydrogen-bond acceptors (Lipinski definition) is 5. The molecule has 0 saturated heterocycles. The van der Waals surface area contributed by atoms with Gasteiger partial charge < -0.3 is 15.7 Å². The standard InChI is InChI=1S/C12H15N5O2/c1-16(8-2-3-9(8)18)10-4-5-14-12-7(11(13)19)6-15-17(10)12/h4-6,8-9,18H,2-3H2,1H3,(H2,13,19). The van der Waals surface area contributed by atoms with Gasteiger partial charge in [0.25, 0.3) is 5.91 Å². The Kier molecular flexibility index (Phi) is 2.63. The number of aromatic nitrogens is 3. The minimum Gasteiger partial charge on any atom is -0.391 e. The summed E-state index contributed by atoms with van der Waals surface area (Å²) in [5.74, 6) is 0.229. The van der Waals surface area contributed by atoms with Crippen LogP contribution in [0.2, 0.25) is 0 Å². The van der Waals surface area contributed by atoms with Crippen LogP contribution in [0.15, 0.2) is 18.5 Å². The maximum Gasteiger partial charge on any atom is 0.254 e. The van der Waals surface area contributed by atoms with Gasteiger partial charge in [-0.1, -0.05) is 0 Å². The first-order chi connectivity index (χ1) is 9.09. The first kappa shape index (κ1) is 11.9. The summed E-state index contributed by atoms with van der Waals surface area (Å²) >= 11 is 0. The van der Waals surface area contributed by atoms with Crippen molar-refractivity contribution >= 4 is 17.4 Å². The van der Waals surface area contributed by atoms with Crippen molar-refractivity contribution in [2.75, 3.05) is 11.9 Å². The van der Waals surface area contributed by atoms with E-state index in [0.29, 0.717) is 11.2 Å². The number of fused-ring (bicyclic) bond motifs is 1. The zero-order valence-electron chi connectivity index (χ0n) is 10.5. The summed E-state index contributed by atoms with van der Waals surface area (Å²) in [6.45, 7) is 0. The van der Waals surface area contributed by atoms with Crippen LogP contribution < -0.4 is 10.6 Å². The molecular formula is C12H15N5O2. The number of rotatable bonds is 3. The second kappa shape index (κ2) is 4.20. The molecule has 2 unspecified atom stereocenters. The summed E-state index contributed by atoms with van der Waals surface area (Å²) in [4.78, 5) is 17.4. The van der Waals surface area contributed by atoms with E-state index in [2.05, 4.69) is 10.1 Å². The van der Waals surface area contributed by atoms with Crippen LogP contribution in [0.25, 0.3) is 5.65 Å². The van der Waals surface area contributed by atoms with Crippen molar-refractivity contribution < 1.29 is 9.90 Å². The molecule has 2 heterocycles. The predicted molar refractivity (Wildman–Crippen MR) is 68.9 cm³/mol. The van der Waals surface area contributed by atoms with Crippen LogP contribution in [-0.2, 0) is 0 Å². The monoisotopic (exact) mass is 261 g/mol. The first-order valence-corrected chi connectivity index (χ1v) is 6.13. The average molecular weight is 261 g/mol. The molecule has 1 fully saturated rings. The van der Waals surface area contributed by atoms with Crippen molar-refractivity contribution in [3.05, 3.63) is 24.0 Å². The molecule has 2 atom stereocenters. The van der Waals surface area contributed by atoms with Crippen molar-refractivity contribution in [3.63, 3.8) is 0 Å². The summed E-state index contributed by atoms with van der Waals surface area (Å²) in [6, 6.07) is 1.88. The number of carbonyl (C=O) groups excluding carboxylic acids is 1. The van der Waals surface area contributed by atoms with Gasteiger partial charge >= 0.3 is 0 Å². The van der Waals surface area contributed by atoms with Gasteiger partial charge in [0.1, 0.15) is 11.4 Å². The Morgan fingerprint density at radius 1 is 1.58 bits per heavy atom. The third-order valence-electron chi connectivity index (χ3n) is 3.71. The van der Waals surface area contributed by atoms with E-state index in [1.165, 1.54) is 6.20 Å². The molecule has 7 heteroatoms. The lowest BCUT2D eigenvalue weighted by Crippen LogP contribution is -2.49. The molecule has 2 aromatic rings. The number of primary amides is 1. The number of anilines is 1. The van der Waals surface area contributed by atoms with Gasteiger partial charge in [0, 0.05) is 13.2 Å². The number of nitrogens with two attached hydrogens (primary N) is 1. The maximum absolute atomic E-state index is 11.3. The highest BCUT2D eigenvalue weighted by Crippen LogP contribution is 2.28. The van der Waals surface area contributed by atoms with E-state index in [0.717, 1.165) is 18.7 Å². The van der Waals surface area contributed by atoms with Crippen molar-refractivity contribution in [2.24, 2.45) is 5.73 Å². The summed E-state index contributed by atoms with van der Waals surface area (Å²) < 4.78 is 1.57. The lowest BCUT2D eigenvalue weighted by atomic mass is 9.88. The minimum atomic E-state index is -0.550. The number of hydrogen-bond donors (Lipinski definition) is 2. The molecule has 0 bridgehead atoms. The summed E-state index contributed by atoms with van der Waals surface area (Å²) in [6.07, 6.45) is 4.46. The Balaban J connectivity index is 2.06. The molecule has 0 aromatic carbocycles. The molecule has 0 aliphatic heterocycles. The number of likely N-dealkylation sites (N-methyl/N-ethyl adjacent to an activating group) is 1. The Bertz CT molecular complexity index is 638. The van der Waals surface area contributed by atoms with Crippen molar-refractivity contribution in [3.8, 4) is 0 Å². The Morgan fingerprint density at radius 3 is 2.95 bits per heavy atom. The molecule has 1 aliphatic rings. The number of nitrogens with zero attached hydrogens (tertiary/aromatic N) is 4. The number of aliphatic hydroxyl groups excluding tert-OH is 1. The molecule has 1 aliphatic carbocycles. The Labute approximate surface area is 109 Å². The molecule has 3 N–H and O–H groups in total. The highest BCUT2D eigenvalue weighted by atomic mass is 16.3. The maximum atomic E-state index is 11.3. The zero-order valence-corrected chi connectivity index (χ0v) is 10.5. The summed E-state index contributed by atoms with van der Waals surface area (Å²) in [7, 11) is 1.90. The SMILES string of the molecule is CN(c1ccnc2c(C(N)=O)cnn12)C1CCC1O. The van der Waals surface area contributed by atoms with Gasteiger partial charge in [-0.25, -0.2) is 4.98 Å². The fourth-order valence-corrected chi connectivity index (χ4v) is 2.41. The molecule has 7 nitrogen and oxygen atoms in total. The van der Waals surface area contributed by atoms with Crippen molar-refractivity contribution in [2.45, 2.75) is 25.0 Å². The van der Waals surface area contributed by atoms with Crippen LogP contribution in [0.5, 0.6) is 0 Å². The quantitative estimate of drug-likeness (QED) is 0.796. The van der Waals surface area contributed by atoms with E-state index in [1.807, 2.05) is 11.9 Å². The number of aliphatic hydroxyl groups is 1. The molecule has 3 rings (SSSR count). The highest BCUT2D eigenvalue weighted by Gasteiger charge is 2.33. The van der Waals surface area contributed by atoms with Gasteiger partial charge in [0.2, 0.25) is 0 Å². The Morgan fingerprint density at radius 2 is 2.37 bits per heavy atom. The second-order valence-electron chi connectivity index (χ2n) is 4.78. The van der Waals surface area contributed by atoms with Crippen LogP contribution in [0.1, 0.15) is 23.2 Å². The molecular weight excluding hydrogens is 246 g/mol. The van der Waals surface area contributed by atoms with E-state index in [-0.39, 0.29) is 12.1 Å². The van der Waals surface area contributed by atoms with Crippen molar-refractivity contribution in [1.82, 2.24) is 14.6 Å². The average Bonchev–Trinajstić information content (AvgIpc) is 2.80. The smallest absolute Gasteiger partial charge is 0.254 e. The first-order valence-electron chi connectivity index (χ1n) is 6.13. The third kappa shape index (κ3) is 1.74. The lowest BCUT2D eigenvalue weighted by Gasteiger charge is -2.40. The normalized spacial score (nSPS) is 22.2. The van der Waals surface area contributed by atoms with Gasteiger partial charge in [-0.05, 0) is 18.9 Å². The number of amides is 1. The molecule has 1 amide bonds. The Hall–Kier alpha value is -2.15. The molecule has 100 valence electrons. The van der Waals surface area contributed by atoms with Crippen LogP contribution in [0.4, 0.5) is 5.82 Å². The van der Waals surface area contributed by atoms with Gasteiger partial charge in [-0.2, -0.15) is 9.61 Å². The van der Waals surface area contributed by atoms with Gasteiger partial charge in [0.15, 0.2) is 5.65 Å². The molecule has 19 heavy (non-hydrogen) atoms. The van der Waals surface area contributed by atoms with E-state index in [1.54, 1.807) is 16.8 Å². The van der Waals surface area contributed by atoms with Crippen LogP contribution in [-0.4, -0.2) is 44.8 Å². The fourth-order valence-electron chi connectivity index (χ4n) is 2.41. The van der Waals surface area contributed by atoms with E-state index < -0.39 is 5.91 Å². The third-order valence-corrected chi connectivity index (χ3v) is 3.71. The number of carbonyl (C=O) groups is 1. The van der Waals surface area contributed by atoms with Gasteiger partial charge in [0.05, 0.1) is 18.3 Å². The minimum absolute atomic E-state index is 0.0758. The van der Waals surface area contributed by atoms with Crippen molar-refractivity contribution in [1.29, 1.82) is 0 Å².